The number of hydrogen-bond acceptors (Lipinski definition) is 3. The molecule has 1 aliphatic rings. The van der Waals surface area contributed by atoms with E-state index in [4.69, 9.17) is 4.74 Å². The average molecular weight is 234 g/mol. The Hall–Kier alpha value is -1.22. The van der Waals surface area contributed by atoms with Crippen LogP contribution in [-0.2, 0) is 0 Å². The summed E-state index contributed by atoms with van der Waals surface area (Å²) in [6.07, 6.45) is 0. The van der Waals surface area contributed by atoms with Crippen molar-refractivity contribution in [3.05, 3.63) is 24.3 Å². The van der Waals surface area contributed by atoms with E-state index in [1.807, 2.05) is 0 Å². The molecule has 3 heteroatoms. The Kier molecular flexibility index (Phi) is 4.26. The summed E-state index contributed by atoms with van der Waals surface area (Å²) >= 11 is 0. The highest BCUT2D eigenvalue weighted by atomic mass is 16.5. The fourth-order valence-corrected chi connectivity index (χ4v) is 1.94. The minimum absolute atomic E-state index is 0.572. The standard InChI is InChI=1S/C14H22N2O/c1-12(2)11-17-14-5-3-13(4-6-14)16-9-7-15-8-10-16/h3-6,12,15H,7-11H2,1-2H3. The minimum Gasteiger partial charge on any atom is -0.493 e. The third kappa shape index (κ3) is 3.63. The Morgan fingerprint density at radius 2 is 1.82 bits per heavy atom. The van der Waals surface area contributed by atoms with Crippen molar-refractivity contribution in [1.29, 1.82) is 0 Å². The summed E-state index contributed by atoms with van der Waals surface area (Å²) < 4.78 is 5.68. The van der Waals surface area contributed by atoms with Crippen LogP contribution < -0.4 is 15.0 Å². The molecule has 1 fully saturated rings. The van der Waals surface area contributed by atoms with E-state index in [9.17, 15) is 0 Å². The first-order valence-corrected chi connectivity index (χ1v) is 6.44. The van der Waals surface area contributed by atoms with Crippen molar-refractivity contribution in [3.63, 3.8) is 0 Å². The molecule has 2 rings (SSSR count). The number of piperazine rings is 1. The van der Waals surface area contributed by atoms with E-state index in [2.05, 4.69) is 48.3 Å². The summed E-state index contributed by atoms with van der Waals surface area (Å²) in [6.45, 7) is 9.44. The van der Waals surface area contributed by atoms with Crippen molar-refractivity contribution in [2.24, 2.45) is 5.92 Å². The molecule has 94 valence electrons. The van der Waals surface area contributed by atoms with Crippen LogP contribution >= 0.6 is 0 Å². The van der Waals surface area contributed by atoms with Crippen LogP contribution in [0.2, 0.25) is 0 Å². The Labute approximate surface area is 104 Å². The SMILES string of the molecule is CC(C)COc1ccc(N2CCNCC2)cc1. The topological polar surface area (TPSA) is 24.5 Å². The molecule has 1 N–H and O–H groups in total. The average Bonchev–Trinajstić information content (AvgIpc) is 2.38. The van der Waals surface area contributed by atoms with E-state index in [-0.39, 0.29) is 0 Å². The zero-order valence-corrected chi connectivity index (χ0v) is 10.8. The maximum Gasteiger partial charge on any atom is 0.119 e. The second-order valence-corrected chi connectivity index (χ2v) is 4.94. The van der Waals surface area contributed by atoms with Gasteiger partial charge in [-0.05, 0) is 30.2 Å². The molecule has 0 saturated carbocycles. The van der Waals surface area contributed by atoms with E-state index < -0.39 is 0 Å². The minimum atomic E-state index is 0.572. The number of ether oxygens (including phenoxy) is 1. The molecular formula is C14H22N2O. The van der Waals surface area contributed by atoms with E-state index >= 15 is 0 Å². The van der Waals surface area contributed by atoms with Crippen LogP contribution in [0, 0.1) is 5.92 Å². The molecule has 1 aromatic carbocycles. The van der Waals surface area contributed by atoms with Gasteiger partial charge in [-0.25, -0.2) is 0 Å². The van der Waals surface area contributed by atoms with Crippen LogP contribution in [0.1, 0.15) is 13.8 Å². The molecule has 0 unspecified atom stereocenters. The van der Waals surface area contributed by atoms with Gasteiger partial charge in [-0.2, -0.15) is 0 Å². The molecule has 0 radical (unpaired) electrons. The summed E-state index contributed by atoms with van der Waals surface area (Å²) in [5, 5.41) is 3.36. The van der Waals surface area contributed by atoms with Crippen molar-refractivity contribution in [3.8, 4) is 5.75 Å². The van der Waals surface area contributed by atoms with Gasteiger partial charge in [-0.15, -0.1) is 0 Å². The zero-order chi connectivity index (χ0) is 12.1. The van der Waals surface area contributed by atoms with Crippen LogP contribution in [0.5, 0.6) is 5.75 Å². The van der Waals surface area contributed by atoms with Crippen molar-refractivity contribution in [2.45, 2.75) is 13.8 Å². The molecule has 0 bridgehead atoms. The number of nitrogens with zero attached hydrogens (tertiary/aromatic N) is 1. The van der Waals surface area contributed by atoms with Crippen molar-refractivity contribution in [1.82, 2.24) is 5.32 Å². The summed E-state index contributed by atoms with van der Waals surface area (Å²) in [5.74, 6) is 1.54. The predicted octanol–water partition coefficient (Wildman–Crippen LogP) is 2.13. The van der Waals surface area contributed by atoms with E-state index in [1.165, 1.54) is 5.69 Å². The molecule has 0 aromatic heterocycles. The lowest BCUT2D eigenvalue weighted by molar-refractivity contribution is 0.271. The van der Waals surface area contributed by atoms with Gasteiger partial charge in [0.2, 0.25) is 0 Å². The molecule has 3 nitrogen and oxygen atoms in total. The van der Waals surface area contributed by atoms with Crippen molar-refractivity contribution >= 4 is 5.69 Å². The van der Waals surface area contributed by atoms with Gasteiger partial charge in [-0.3, -0.25) is 0 Å². The third-order valence-electron chi connectivity index (χ3n) is 2.90. The van der Waals surface area contributed by atoms with Crippen LogP contribution in [0.4, 0.5) is 5.69 Å². The van der Waals surface area contributed by atoms with Gasteiger partial charge < -0.3 is 15.0 Å². The van der Waals surface area contributed by atoms with Gasteiger partial charge in [0.1, 0.15) is 5.75 Å². The van der Waals surface area contributed by atoms with Crippen LogP contribution in [0.25, 0.3) is 0 Å². The molecule has 0 spiro atoms. The van der Waals surface area contributed by atoms with Gasteiger partial charge in [0, 0.05) is 31.9 Å². The van der Waals surface area contributed by atoms with Crippen molar-refractivity contribution < 1.29 is 4.74 Å². The monoisotopic (exact) mass is 234 g/mol. The number of nitrogens with one attached hydrogen (secondary N) is 1. The van der Waals surface area contributed by atoms with Crippen molar-refractivity contribution in [2.75, 3.05) is 37.7 Å². The molecule has 17 heavy (non-hydrogen) atoms. The highest BCUT2D eigenvalue weighted by molar-refractivity contribution is 5.49. The smallest absolute Gasteiger partial charge is 0.119 e. The fraction of sp³-hybridized carbons (Fsp3) is 0.571. The second kappa shape index (κ2) is 5.92. The van der Waals surface area contributed by atoms with E-state index in [1.54, 1.807) is 0 Å². The molecule has 0 atom stereocenters. The largest absolute Gasteiger partial charge is 0.493 e. The van der Waals surface area contributed by atoms with Gasteiger partial charge in [0.15, 0.2) is 0 Å². The number of rotatable bonds is 4. The molecule has 1 aromatic rings. The number of anilines is 1. The molecular weight excluding hydrogens is 212 g/mol. The molecule has 1 aliphatic heterocycles. The summed E-state index contributed by atoms with van der Waals surface area (Å²) in [4.78, 5) is 2.41. The first kappa shape index (κ1) is 12.2. The van der Waals surface area contributed by atoms with E-state index in [0.717, 1.165) is 38.5 Å². The van der Waals surface area contributed by atoms with Gasteiger partial charge in [-0.1, -0.05) is 13.8 Å². The summed E-state index contributed by atoms with van der Waals surface area (Å²) in [5.41, 5.74) is 1.29. The maximum atomic E-state index is 5.68. The number of benzene rings is 1. The Morgan fingerprint density at radius 3 is 2.41 bits per heavy atom. The van der Waals surface area contributed by atoms with Gasteiger partial charge in [0.25, 0.3) is 0 Å². The molecule has 0 amide bonds. The molecule has 1 saturated heterocycles. The molecule has 1 heterocycles. The quantitative estimate of drug-likeness (QED) is 0.863. The lowest BCUT2D eigenvalue weighted by Crippen LogP contribution is -2.43. The zero-order valence-electron chi connectivity index (χ0n) is 10.8. The third-order valence-corrected chi connectivity index (χ3v) is 2.90. The van der Waals surface area contributed by atoms with E-state index in [0.29, 0.717) is 5.92 Å². The summed E-state index contributed by atoms with van der Waals surface area (Å²) in [7, 11) is 0. The van der Waals surface area contributed by atoms with Gasteiger partial charge >= 0.3 is 0 Å². The first-order valence-electron chi connectivity index (χ1n) is 6.44. The highest BCUT2D eigenvalue weighted by Crippen LogP contribution is 2.20. The van der Waals surface area contributed by atoms with Gasteiger partial charge in [0.05, 0.1) is 6.61 Å². The van der Waals surface area contributed by atoms with Crippen LogP contribution in [0.15, 0.2) is 24.3 Å². The first-order chi connectivity index (χ1) is 8.25. The van der Waals surface area contributed by atoms with Crippen LogP contribution in [-0.4, -0.2) is 32.8 Å². The lowest BCUT2D eigenvalue weighted by Gasteiger charge is -2.29. The second-order valence-electron chi connectivity index (χ2n) is 4.94. The lowest BCUT2D eigenvalue weighted by atomic mass is 10.2. The summed E-state index contributed by atoms with van der Waals surface area (Å²) in [6, 6.07) is 8.45. The molecule has 0 aliphatic carbocycles. The predicted molar refractivity (Wildman–Crippen MR) is 71.9 cm³/mol. The van der Waals surface area contributed by atoms with Crippen LogP contribution in [0.3, 0.4) is 0 Å². The highest BCUT2D eigenvalue weighted by Gasteiger charge is 2.09. The normalized spacial score (nSPS) is 16.3. The Morgan fingerprint density at radius 1 is 1.18 bits per heavy atom. The maximum absolute atomic E-state index is 5.68. The Bertz CT molecular complexity index is 329. The number of hydrogen-bond donors (Lipinski definition) is 1. The Balaban J connectivity index is 1.92. The fourth-order valence-electron chi connectivity index (χ4n) is 1.94.